The topological polar surface area (TPSA) is 119 Å². The lowest BCUT2D eigenvalue weighted by molar-refractivity contribution is -0.333. The van der Waals surface area contributed by atoms with E-state index in [4.69, 9.17) is 28.4 Å². The molecule has 1 aromatic carbocycles. The molecule has 11 heteroatoms. The Morgan fingerprint density at radius 2 is 1.72 bits per heavy atom. The van der Waals surface area contributed by atoms with Crippen LogP contribution in [0, 0.1) is 0 Å². The minimum Gasteiger partial charge on any atom is -0.374 e. The number of amides is 1. The van der Waals surface area contributed by atoms with E-state index in [2.05, 4.69) is 10.3 Å². The molecule has 4 unspecified atom stereocenters. The van der Waals surface area contributed by atoms with Gasteiger partial charge in [-0.05, 0) is 45.9 Å². The summed E-state index contributed by atoms with van der Waals surface area (Å²) in [5.41, 5.74) is -0.174. The largest absolute Gasteiger partial charge is 0.374 e. The zero-order valence-corrected chi connectivity index (χ0v) is 20.9. The third kappa shape index (κ3) is 4.82. The summed E-state index contributed by atoms with van der Waals surface area (Å²) in [6.07, 6.45) is -2.31. The molecule has 3 aliphatic heterocycles. The number of carbonyl (C=O) groups excluding carboxylic acids is 1. The summed E-state index contributed by atoms with van der Waals surface area (Å²) in [5.74, 6) is -1.98. The molecule has 0 aliphatic carbocycles. The molecular weight excluding hydrogens is 470 g/mol. The van der Waals surface area contributed by atoms with E-state index in [1.165, 1.54) is 23.9 Å². The Hall–Kier alpha value is -2.67. The van der Waals surface area contributed by atoms with Crippen LogP contribution in [0.1, 0.15) is 44.3 Å². The van der Waals surface area contributed by atoms with Gasteiger partial charge in [-0.15, -0.1) is 0 Å². The van der Waals surface area contributed by atoms with Crippen LogP contribution in [0.3, 0.4) is 0 Å². The molecule has 3 saturated heterocycles. The normalized spacial score (nSPS) is 32.7. The first-order valence-electron chi connectivity index (χ1n) is 11.9. The van der Waals surface area contributed by atoms with Crippen molar-refractivity contribution in [1.82, 2.24) is 9.55 Å². The molecule has 0 radical (unpaired) electrons. The van der Waals surface area contributed by atoms with Crippen molar-refractivity contribution in [2.24, 2.45) is 0 Å². The van der Waals surface area contributed by atoms with Crippen LogP contribution in [0.4, 0.5) is 5.82 Å². The van der Waals surface area contributed by atoms with E-state index >= 15 is 0 Å². The van der Waals surface area contributed by atoms with Crippen molar-refractivity contribution < 1.29 is 33.2 Å². The maximum absolute atomic E-state index is 13.1. The van der Waals surface area contributed by atoms with E-state index in [-0.39, 0.29) is 18.3 Å². The number of aromatic nitrogens is 2. The molecule has 36 heavy (non-hydrogen) atoms. The number of benzene rings is 1. The van der Waals surface area contributed by atoms with E-state index in [1.54, 1.807) is 24.3 Å². The number of hydrogen-bond acceptors (Lipinski definition) is 9. The van der Waals surface area contributed by atoms with E-state index in [9.17, 15) is 9.59 Å². The molecule has 1 N–H and O–H groups in total. The summed E-state index contributed by atoms with van der Waals surface area (Å²) in [6, 6.07) is 10.2. The Labute approximate surface area is 208 Å². The summed E-state index contributed by atoms with van der Waals surface area (Å²) in [6.45, 7) is 7.52. The van der Waals surface area contributed by atoms with Gasteiger partial charge in [0.1, 0.15) is 36.3 Å². The van der Waals surface area contributed by atoms with Gasteiger partial charge < -0.3 is 33.7 Å². The molecule has 1 aromatic heterocycles. The van der Waals surface area contributed by atoms with Gasteiger partial charge in [0.25, 0.3) is 5.91 Å². The van der Waals surface area contributed by atoms with Crippen LogP contribution in [-0.2, 0) is 28.4 Å². The fourth-order valence-corrected chi connectivity index (χ4v) is 4.88. The van der Waals surface area contributed by atoms with Gasteiger partial charge in [0.15, 0.2) is 17.8 Å². The minimum absolute atomic E-state index is 0.121. The molecule has 0 bridgehead atoms. The number of rotatable bonds is 4. The third-order valence-electron chi connectivity index (χ3n) is 6.44. The fraction of sp³-hybridized carbons (Fsp3) is 0.560. The standard InChI is InChI=1S/C25H31N3O8/c1-24(2)32-13-15-17(34-24)18-19(36-25(3,4)35-18)20(31-5)22(33-15)28-12-11-16(27-23(28)30)26-21(29)14-9-7-6-8-10-14/h6-12,15,17-20,22H,13H2,1-5H3,(H,26,27,29,30)/t15?,17-,18?,19+,20?,22?/m1/s1. The molecule has 0 spiro atoms. The zero-order valence-electron chi connectivity index (χ0n) is 20.9. The maximum atomic E-state index is 13.1. The van der Waals surface area contributed by atoms with Crippen molar-refractivity contribution in [2.45, 2.75) is 76.0 Å². The second-order valence-electron chi connectivity index (χ2n) is 9.95. The van der Waals surface area contributed by atoms with Crippen LogP contribution in [0.25, 0.3) is 0 Å². The quantitative estimate of drug-likeness (QED) is 0.671. The zero-order chi connectivity index (χ0) is 25.7. The Morgan fingerprint density at radius 1 is 1.03 bits per heavy atom. The summed E-state index contributed by atoms with van der Waals surface area (Å²) < 4.78 is 38.0. The highest BCUT2D eigenvalue weighted by Crippen LogP contribution is 2.43. The average molecular weight is 502 g/mol. The molecule has 4 heterocycles. The Balaban J connectivity index is 1.46. The number of nitrogens with one attached hydrogen (secondary N) is 1. The second kappa shape index (κ2) is 9.33. The molecular formula is C25H31N3O8. The van der Waals surface area contributed by atoms with Gasteiger partial charge >= 0.3 is 5.69 Å². The number of methoxy groups -OCH3 is 1. The summed E-state index contributed by atoms with van der Waals surface area (Å²) in [7, 11) is 1.52. The van der Waals surface area contributed by atoms with Gasteiger partial charge in [-0.3, -0.25) is 9.36 Å². The Bertz CT molecular complexity index is 1170. The van der Waals surface area contributed by atoms with Gasteiger partial charge in [-0.2, -0.15) is 4.98 Å². The van der Waals surface area contributed by atoms with Crippen molar-refractivity contribution in [1.29, 1.82) is 0 Å². The average Bonchev–Trinajstić information content (AvgIpc) is 3.09. The van der Waals surface area contributed by atoms with Crippen LogP contribution in [-0.4, -0.2) is 71.3 Å². The maximum Gasteiger partial charge on any atom is 0.351 e. The number of hydrogen-bond donors (Lipinski definition) is 1. The van der Waals surface area contributed by atoms with Gasteiger partial charge in [0.2, 0.25) is 0 Å². The molecule has 194 valence electrons. The number of ether oxygens (including phenoxy) is 6. The first-order valence-corrected chi connectivity index (χ1v) is 11.9. The number of fused-ring (bicyclic) bond motifs is 3. The molecule has 11 nitrogen and oxygen atoms in total. The molecule has 5 rings (SSSR count). The van der Waals surface area contributed by atoms with Crippen molar-refractivity contribution in [2.75, 3.05) is 19.0 Å². The predicted octanol–water partition coefficient (Wildman–Crippen LogP) is 2.08. The first-order chi connectivity index (χ1) is 17.1. The third-order valence-corrected chi connectivity index (χ3v) is 6.44. The molecule has 3 aliphatic rings. The molecule has 2 aromatic rings. The lowest BCUT2D eigenvalue weighted by atomic mass is 9.99. The van der Waals surface area contributed by atoms with Crippen LogP contribution >= 0.6 is 0 Å². The van der Waals surface area contributed by atoms with Gasteiger partial charge in [-0.1, -0.05) is 18.2 Å². The Kier molecular flexibility index (Phi) is 6.48. The summed E-state index contributed by atoms with van der Waals surface area (Å²) in [5, 5.41) is 2.65. The van der Waals surface area contributed by atoms with Crippen molar-refractivity contribution >= 4 is 11.7 Å². The number of anilines is 1. The van der Waals surface area contributed by atoms with E-state index in [0.29, 0.717) is 5.56 Å². The molecule has 1 amide bonds. The van der Waals surface area contributed by atoms with E-state index in [0.717, 1.165) is 0 Å². The molecule has 3 fully saturated rings. The first kappa shape index (κ1) is 25.0. The van der Waals surface area contributed by atoms with Gasteiger partial charge in [0.05, 0.1) is 6.61 Å². The minimum atomic E-state index is -0.915. The second-order valence-corrected chi connectivity index (χ2v) is 9.95. The lowest BCUT2D eigenvalue weighted by Crippen LogP contribution is -2.55. The summed E-state index contributed by atoms with van der Waals surface area (Å²) in [4.78, 5) is 29.7. The lowest BCUT2D eigenvalue weighted by Gasteiger charge is -2.42. The Morgan fingerprint density at radius 3 is 2.42 bits per heavy atom. The monoisotopic (exact) mass is 501 g/mol. The van der Waals surface area contributed by atoms with Crippen LogP contribution in [0.2, 0.25) is 0 Å². The van der Waals surface area contributed by atoms with Crippen LogP contribution in [0.5, 0.6) is 0 Å². The molecule has 6 atom stereocenters. The highest BCUT2D eigenvalue weighted by molar-refractivity contribution is 6.03. The van der Waals surface area contributed by atoms with Gasteiger partial charge in [-0.25, -0.2) is 4.79 Å². The van der Waals surface area contributed by atoms with E-state index < -0.39 is 54.0 Å². The SMILES string of the molecule is COC1C(n2ccc(NC(=O)c3ccccc3)nc2=O)OC2COC(C)(C)O[C@H]2C2OC(C)(C)O[C@H]12. The molecule has 0 saturated carbocycles. The number of nitrogens with zero attached hydrogens (tertiary/aromatic N) is 2. The summed E-state index contributed by atoms with van der Waals surface area (Å²) >= 11 is 0. The smallest absolute Gasteiger partial charge is 0.351 e. The highest BCUT2D eigenvalue weighted by atomic mass is 16.8. The van der Waals surface area contributed by atoms with Crippen molar-refractivity contribution in [3.8, 4) is 0 Å². The van der Waals surface area contributed by atoms with Crippen LogP contribution in [0.15, 0.2) is 47.4 Å². The highest BCUT2D eigenvalue weighted by Gasteiger charge is 2.59. The van der Waals surface area contributed by atoms with E-state index in [1.807, 2.05) is 33.8 Å². The van der Waals surface area contributed by atoms with Crippen molar-refractivity contribution in [3.05, 3.63) is 58.6 Å². The fourth-order valence-electron chi connectivity index (χ4n) is 4.88. The van der Waals surface area contributed by atoms with Gasteiger partial charge in [0, 0.05) is 18.9 Å². The number of carbonyl (C=O) groups is 1. The predicted molar refractivity (Wildman–Crippen MR) is 126 cm³/mol. The van der Waals surface area contributed by atoms with Crippen LogP contribution < -0.4 is 11.0 Å². The van der Waals surface area contributed by atoms with Crippen molar-refractivity contribution in [3.63, 3.8) is 0 Å².